The van der Waals surface area contributed by atoms with E-state index in [0.717, 1.165) is 31.2 Å². The quantitative estimate of drug-likeness (QED) is 0.671. The van der Waals surface area contributed by atoms with Gasteiger partial charge in [0, 0.05) is 69.7 Å². The standard InChI is InChI=1S/C22H29N7O4/c1-28(20(30)18-3-2-6-32-18)15-9-16(10-15)33-19-11-17(14-12-24-21(23)25-13-14)26-22(27-19)29-4-7-31-8-5-29/h11-13,15-16,18H,2-10H2,1H3,(H2,23,24,25)/t15?,16?,18-/m1/s1. The molecule has 2 N–H and O–H groups in total. The number of nitrogen functional groups attached to an aromatic ring is 1. The van der Waals surface area contributed by atoms with Gasteiger partial charge in [-0.05, 0) is 12.8 Å². The first-order chi connectivity index (χ1) is 16.1. The van der Waals surface area contributed by atoms with Crippen LogP contribution >= 0.6 is 0 Å². The van der Waals surface area contributed by atoms with Gasteiger partial charge in [0.25, 0.3) is 5.91 Å². The zero-order valence-corrected chi connectivity index (χ0v) is 18.7. The predicted molar refractivity (Wildman–Crippen MR) is 120 cm³/mol. The van der Waals surface area contributed by atoms with E-state index in [1.165, 1.54) is 0 Å². The first kappa shape index (κ1) is 21.8. The number of anilines is 2. The molecule has 0 aromatic carbocycles. The van der Waals surface area contributed by atoms with Crippen molar-refractivity contribution in [1.82, 2.24) is 24.8 Å². The molecule has 0 spiro atoms. The molecule has 1 saturated carbocycles. The number of carbonyl (C=O) groups excluding carboxylic acids is 1. The lowest BCUT2D eigenvalue weighted by Gasteiger charge is -2.41. The normalized spacial score (nSPS) is 24.9. The number of nitrogens with two attached hydrogens (primary N) is 1. The summed E-state index contributed by atoms with van der Waals surface area (Å²) in [6.07, 6.45) is 6.24. The molecule has 2 aromatic rings. The van der Waals surface area contributed by atoms with Crippen molar-refractivity contribution in [2.24, 2.45) is 0 Å². The predicted octanol–water partition coefficient (Wildman–Crippen LogP) is 0.900. The molecule has 2 aromatic heterocycles. The molecular formula is C22H29N7O4. The molecule has 2 aliphatic heterocycles. The summed E-state index contributed by atoms with van der Waals surface area (Å²) in [6, 6.07) is 1.95. The summed E-state index contributed by atoms with van der Waals surface area (Å²) in [7, 11) is 1.85. The Labute approximate surface area is 192 Å². The fourth-order valence-corrected chi connectivity index (χ4v) is 4.30. The number of hydrogen-bond donors (Lipinski definition) is 1. The van der Waals surface area contributed by atoms with Crippen LogP contribution in [0.15, 0.2) is 18.5 Å². The number of rotatable bonds is 6. The zero-order valence-electron chi connectivity index (χ0n) is 18.7. The van der Waals surface area contributed by atoms with Gasteiger partial charge in [-0.15, -0.1) is 0 Å². The summed E-state index contributed by atoms with van der Waals surface area (Å²) < 4.78 is 17.2. The van der Waals surface area contributed by atoms with Gasteiger partial charge in [0.05, 0.1) is 18.9 Å². The average Bonchev–Trinajstić information content (AvgIpc) is 3.36. The second-order valence-electron chi connectivity index (χ2n) is 8.64. The Kier molecular flexibility index (Phi) is 6.23. The van der Waals surface area contributed by atoms with E-state index in [1.807, 2.05) is 11.9 Å². The van der Waals surface area contributed by atoms with E-state index in [4.69, 9.17) is 24.9 Å². The molecule has 0 radical (unpaired) electrons. The third-order valence-electron chi connectivity index (χ3n) is 6.41. The molecule has 11 heteroatoms. The van der Waals surface area contributed by atoms with Crippen LogP contribution in [-0.2, 0) is 14.3 Å². The summed E-state index contributed by atoms with van der Waals surface area (Å²) in [5, 5.41) is 0. The third-order valence-corrected chi connectivity index (χ3v) is 6.41. The molecule has 2 saturated heterocycles. The molecule has 11 nitrogen and oxygen atoms in total. The highest BCUT2D eigenvalue weighted by Gasteiger charge is 2.39. The largest absolute Gasteiger partial charge is 0.474 e. The fourth-order valence-electron chi connectivity index (χ4n) is 4.30. The molecule has 1 atom stereocenters. The number of ether oxygens (including phenoxy) is 3. The molecule has 176 valence electrons. The van der Waals surface area contributed by atoms with Gasteiger partial charge < -0.3 is 29.7 Å². The highest BCUT2D eigenvalue weighted by molar-refractivity contribution is 5.81. The maximum Gasteiger partial charge on any atom is 0.251 e. The molecule has 33 heavy (non-hydrogen) atoms. The fraction of sp³-hybridized carbons (Fsp3) is 0.591. The van der Waals surface area contributed by atoms with Crippen LogP contribution in [-0.4, -0.2) is 89.0 Å². The summed E-state index contributed by atoms with van der Waals surface area (Å²) >= 11 is 0. The van der Waals surface area contributed by atoms with Gasteiger partial charge >= 0.3 is 0 Å². The lowest BCUT2D eigenvalue weighted by atomic mass is 9.87. The van der Waals surface area contributed by atoms with E-state index in [0.29, 0.717) is 50.4 Å². The Morgan fingerprint density at radius 3 is 2.64 bits per heavy atom. The highest BCUT2D eigenvalue weighted by atomic mass is 16.5. The minimum atomic E-state index is -0.294. The van der Waals surface area contributed by atoms with Crippen molar-refractivity contribution < 1.29 is 19.0 Å². The summed E-state index contributed by atoms with van der Waals surface area (Å²) in [5.74, 6) is 1.36. The topological polar surface area (TPSA) is 129 Å². The number of hydrogen-bond acceptors (Lipinski definition) is 10. The van der Waals surface area contributed by atoms with Crippen molar-refractivity contribution in [3.63, 3.8) is 0 Å². The van der Waals surface area contributed by atoms with Crippen LogP contribution in [0.25, 0.3) is 11.3 Å². The number of likely N-dealkylation sites (N-methyl/N-ethyl adjacent to an activating group) is 1. The molecule has 5 rings (SSSR count). The van der Waals surface area contributed by atoms with Gasteiger partial charge in [-0.3, -0.25) is 4.79 Å². The SMILES string of the molecule is CN(C(=O)[C@H]1CCCO1)C1CC(Oc2cc(-c3cnc(N)nc3)nc(N3CCOCC3)n2)C1. The summed E-state index contributed by atoms with van der Waals surface area (Å²) in [5.41, 5.74) is 7.04. The van der Waals surface area contributed by atoms with Gasteiger partial charge in [-0.1, -0.05) is 0 Å². The van der Waals surface area contributed by atoms with E-state index < -0.39 is 0 Å². The highest BCUT2D eigenvalue weighted by Crippen LogP contribution is 2.32. The van der Waals surface area contributed by atoms with Crippen LogP contribution in [0, 0.1) is 0 Å². The molecule has 1 amide bonds. The Morgan fingerprint density at radius 1 is 1.18 bits per heavy atom. The van der Waals surface area contributed by atoms with Gasteiger partial charge in [0.1, 0.15) is 12.2 Å². The van der Waals surface area contributed by atoms with Crippen molar-refractivity contribution in [1.29, 1.82) is 0 Å². The van der Waals surface area contributed by atoms with Crippen molar-refractivity contribution >= 4 is 17.8 Å². The first-order valence-electron chi connectivity index (χ1n) is 11.4. The van der Waals surface area contributed by atoms with Crippen LogP contribution in [0.1, 0.15) is 25.7 Å². The second-order valence-corrected chi connectivity index (χ2v) is 8.64. The molecule has 0 bridgehead atoms. The minimum absolute atomic E-state index is 0.0160. The Balaban J connectivity index is 1.28. The van der Waals surface area contributed by atoms with Crippen LogP contribution in [0.3, 0.4) is 0 Å². The van der Waals surface area contributed by atoms with Crippen LogP contribution in [0.4, 0.5) is 11.9 Å². The maximum atomic E-state index is 12.6. The van der Waals surface area contributed by atoms with Gasteiger partial charge in [-0.25, -0.2) is 15.0 Å². The van der Waals surface area contributed by atoms with E-state index in [9.17, 15) is 4.79 Å². The van der Waals surface area contributed by atoms with Gasteiger partial charge in [-0.2, -0.15) is 4.98 Å². The minimum Gasteiger partial charge on any atom is -0.474 e. The van der Waals surface area contributed by atoms with E-state index >= 15 is 0 Å². The van der Waals surface area contributed by atoms with Crippen LogP contribution in [0.2, 0.25) is 0 Å². The Morgan fingerprint density at radius 2 is 1.94 bits per heavy atom. The van der Waals surface area contributed by atoms with Crippen molar-refractivity contribution in [2.75, 3.05) is 50.6 Å². The van der Waals surface area contributed by atoms with Gasteiger partial charge in [0.15, 0.2) is 0 Å². The average molecular weight is 456 g/mol. The van der Waals surface area contributed by atoms with Gasteiger partial charge in [0.2, 0.25) is 17.8 Å². The summed E-state index contributed by atoms with van der Waals surface area (Å²) in [4.78, 5) is 34.0. The number of morpholine rings is 1. The Bertz CT molecular complexity index is 971. The molecule has 3 fully saturated rings. The monoisotopic (exact) mass is 455 g/mol. The zero-order chi connectivity index (χ0) is 22.8. The number of aromatic nitrogens is 4. The van der Waals surface area contributed by atoms with Crippen molar-refractivity contribution in [2.45, 2.75) is 43.9 Å². The number of nitrogens with zero attached hydrogens (tertiary/aromatic N) is 6. The lowest BCUT2D eigenvalue weighted by Crippen LogP contribution is -2.52. The second kappa shape index (κ2) is 9.44. The number of carbonyl (C=O) groups is 1. The molecule has 1 aliphatic carbocycles. The van der Waals surface area contributed by atoms with Crippen molar-refractivity contribution in [3.8, 4) is 17.1 Å². The van der Waals surface area contributed by atoms with E-state index in [1.54, 1.807) is 18.5 Å². The van der Waals surface area contributed by atoms with Crippen LogP contribution in [0.5, 0.6) is 5.88 Å². The first-order valence-corrected chi connectivity index (χ1v) is 11.4. The maximum absolute atomic E-state index is 12.6. The van der Waals surface area contributed by atoms with E-state index in [2.05, 4.69) is 19.9 Å². The molecule has 0 unspecified atom stereocenters. The van der Waals surface area contributed by atoms with Crippen LogP contribution < -0.4 is 15.4 Å². The molecule has 3 aliphatic rings. The summed E-state index contributed by atoms with van der Waals surface area (Å²) in [6.45, 7) is 3.35. The van der Waals surface area contributed by atoms with Crippen molar-refractivity contribution in [3.05, 3.63) is 18.5 Å². The lowest BCUT2D eigenvalue weighted by molar-refractivity contribution is -0.145. The smallest absolute Gasteiger partial charge is 0.251 e. The third kappa shape index (κ3) is 4.83. The van der Waals surface area contributed by atoms with E-state index in [-0.39, 0.29) is 30.1 Å². The molecular weight excluding hydrogens is 426 g/mol. The molecule has 4 heterocycles. The Hall–Kier alpha value is -3.05. The number of amides is 1.